The van der Waals surface area contributed by atoms with Crippen molar-refractivity contribution in [2.24, 2.45) is 5.73 Å². The van der Waals surface area contributed by atoms with Gasteiger partial charge in [-0.1, -0.05) is 31.6 Å². The number of nitrogens with two attached hydrogens (primary N) is 1. The highest BCUT2D eigenvalue weighted by Gasteiger charge is 2.23. The Bertz CT molecular complexity index is 1070. The molecule has 3 aromatic rings. The monoisotopic (exact) mass is 451 g/mol. The Morgan fingerprint density at radius 1 is 1.21 bits per heavy atom. The number of nitrogens with one attached hydrogen (secondary N) is 2. The first-order chi connectivity index (χ1) is 16.1. The van der Waals surface area contributed by atoms with E-state index in [-0.39, 0.29) is 11.9 Å². The van der Waals surface area contributed by atoms with Crippen LogP contribution in [0.25, 0.3) is 11.2 Å². The normalized spacial score (nSPS) is 19.4. The summed E-state index contributed by atoms with van der Waals surface area (Å²) in [5.41, 5.74) is 7.87. The number of hydrogen-bond donors (Lipinski definition) is 3. The number of allylic oxidation sites excluding steroid dienone is 1. The molecule has 0 amide bonds. The molecule has 1 saturated carbocycles. The fourth-order valence-corrected chi connectivity index (χ4v) is 4.57. The second kappa shape index (κ2) is 10.7. The van der Waals surface area contributed by atoms with E-state index in [2.05, 4.69) is 33.7 Å². The molecule has 1 aliphatic rings. The van der Waals surface area contributed by atoms with E-state index in [4.69, 9.17) is 15.7 Å². The van der Waals surface area contributed by atoms with Crippen molar-refractivity contribution in [1.82, 2.24) is 19.5 Å². The molecule has 1 aromatic carbocycles. The third kappa shape index (κ3) is 5.50. The number of aromatic nitrogens is 4. The van der Waals surface area contributed by atoms with Gasteiger partial charge in [-0.05, 0) is 57.1 Å². The van der Waals surface area contributed by atoms with Crippen molar-refractivity contribution >= 4 is 28.7 Å². The first-order valence-electron chi connectivity index (χ1n) is 12.0. The van der Waals surface area contributed by atoms with Gasteiger partial charge in [0.1, 0.15) is 11.3 Å². The van der Waals surface area contributed by atoms with Crippen LogP contribution in [0.2, 0.25) is 0 Å². The maximum Gasteiger partial charge on any atom is 0.224 e. The van der Waals surface area contributed by atoms with Crippen LogP contribution in [0.15, 0.2) is 43.1 Å². The molecule has 0 saturated heterocycles. The van der Waals surface area contributed by atoms with Crippen molar-refractivity contribution in [3.05, 3.63) is 48.9 Å². The van der Waals surface area contributed by atoms with E-state index in [0.29, 0.717) is 35.2 Å². The third-order valence-electron chi connectivity index (χ3n) is 6.35. The zero-order valence-corrected chi connectivity index (χ0v) is 19.3. The lowest BCUT2D eigenvalue weighted by Gasteiger charge is -2.26. The molecular weight excluding hydrogens is 417 g/mol. The predicted octanol–water partition coefficient (Wildman–Crippen LogP) is 5.70. The summed E-state index contributed by atoms with van der Waals surface area (Å²) in [5.74, 6) is 0.853. The fraction of sp³-hybridized carbons (Fsp3) is 0.480. The maximum absolute atomic E-state index is 14.4. The summed E-state index contributed by atoms with van der Waals surface area (Å²) in [5, 5.41) is 6.69. The van der Waals surface area contributed by atoms with E-state index in [1.54, 1.807) is 24.4 Å². The topological polar surface area (TPSA) is 93.7 Å². The number of nitrogens with zero attached hydrogens (tertiary/aromatic N) is 4. The number of fused-ring (bicyclic) bond motifs is 1. The molecule has 33 heavy (non-hydrogen) atoms. The Kier molecular flexibility index (Phi) is 7.54. The Hall–Kier alpha value is -3.00. The number of rotatable bonds is 10. The van der Waals surface area contributed by atoms with Crippen LogP contribution in [0.5, 0.6) is 0 Å². The Labute approximate surface area is 194 Å². The number of hydrogen-bond acceptors (Lipinski definition) is 6. The van der Waals surface area contributed by atoms with E-state index in [1.165, 1.54) is 6.07 Å². The van der Waals surface area contributed by atoms with Gasteiger partial charge in [-0.3, -0.25) is 4.57 Å². The predicted molar refractivity (Wildman–Crippen MR) is 132 cm³/mol. The summed E-state index contributed by atoms with van der Waals surface area (Å²) in [6.07, 6.45) is 11.5. The summed E-state index contributed by atoms with van der Waals surface area (Å²) in [7, 11) is 0. The summed E-state index contributed by atoms with van der Waals surface area (Å²) in [6.45, 7) is 6.05. The van der Waals surface area contributed by atoms with Gasteiger partial charge in [0, 0.05) is 18.1 Å². The smallest absolute Gasteiger partial charge is 0.224 e. The molecule has 0 radical (unpaired) electrons. The molecular formula is C25H34FN7. The second-order valence-corrected chi connectivity index (χ2v) is 8.88. The molecule has 4 N–H and O–H groups in total. The average molecular weight is 452 g/mol. The van der Waals surface area contributed by atoms with Crippen LogP contribution in [0.3, 0.4) is 0 Å². The van der Waals surface area contributed by atoms with Gasteiger partial charge >= 0.3 is 0 Å². The summed E-state index contributed by atoms with van der Waals surface area (Å²) >= 11 is 0. The molecule has 0 spiro atoms. The van der Waals surface area contributed by atoms with E-state index >= 15 is 0 Å². The first kappa shape index (κ1) is 23.2. The van der Waals surface area contributed by atoms with Crippen molar-refractivity contribution < 1.29 is 4.39 Å². The summed E-state index contributed by atoms with van der Waals surface area (Å²) < 4.78 is 16.5. The highest BCUT2D eigenvalue weighted by Crippen LogP contribution is 2.32. The number of para-hydroxylation sites is 1. The molecule has 8 heteroatoms. The van der Waals surface area contributed by atoms with Crippen LogP contribution in [-0.4, -0.2) is 31.6 Å². The Morgan fingerprint density at radius 2 is 2.00 bits per heavy atom. The fourth-order valence-electron chi connectivity index (χ4n) is 4.57. The molecule has 1 atom stereocenters. The zero-order chi connectivity index (χ0) is 23.2. The van der Waals surface area contributed by atoms with Gasteiger partial charge in [-0.15, -0.1) is 6.58 Å². The van der Waals surface area contributed by atoms with E-state index in [9.17, 15) is 4.39 Å². The zero-order valence-electron chi connectivity index (χ0n) is 19.3. The standard InChI is InChI=1S/C25H34FN7/c1-3-5-9-19(8-4-2)33-23-22(31-25(33)30-21-11-7-6-10-20(21)26)16-28-24(32-23)29-18-14-12-17(27)13-15-18/h3,6-7,10-11,16-19H,1,4-5,8-9,12-15,27H2,2H3,(H,30,31)(H,28,29,32). The van der Waals surface area contributed by atoms with Gasteiger partial charge in [0.25, 0.3) is 0 Å². The second-order valence-electron chi connectivity index (χ2n) is 8.88. The van der Waals surface area contributed by atoms with Crippen molar-refractivity contribution in [2.75, 3.05) is 10.6 Å². The molecule has 2 aromatic heterocycles. The number of anilines is 3. The highest BCUT2D eigenvalue weighted by molar-refractivity contribution is 5.76. The van der Waals surface area contributed by atoms with Crippen LogP contribution in [0.4, 0.5) is 22.0 Å². The van der Waals surface area contributed by atoms with E-state index in [0.717, 1.165) is 57.0 Å². The van der Waals surface area contributed by atoms with Gasteiger partial charge in [0.2, 0.25) is 11.9 Å². The van der Waals surface area contributed by atoms with Crippen LogP contribution in [0.1, 0.15) is 64.3 Å². The quantitative estimate of drug-likeness (QED) is 0.343. The van der Waals surface area contributed by atoms with Crippen LogP contribution >= 0.6 is 0 Å². The average Bonchev–Trinajstić information content (AvgIpc) is 3.17. The molecule has 176 valence electrons. The Morgan fingerprint density at radius 3 is 2.73 bits per heavy atom. The van der Waals surface area contributed by atoms with Gasteiger partial charge in [-0.25, -0.2) is 14.4 Å². The lowest BCUT2D eigenvalue weighted by molar-refractivity contribution is 0.409. The molecule has 4 rings (SSSR count). The highest BCUT2D eigenvalue weighted by atomic mass is 19.1. The molecule has 7 nitrogen and oxygen atoms in total. The lowest BCUT2D eigenvalue weighted by atomic mass is 9.92. The molecule has 2 heterocycles. The van der Waals surface area contributed by atoms with Crippen molar-refractivity contribution in [2.45, 2.75) is 76.4 Å². The minimum absolute atomic E-state index is 0.155. The molecule has 0 bridgehead atoms. The largest absolute Gasteiger partial charge is 0.351 e. The van der Waals surface area contributed by atoms with Crippen molar-refractivity contribution in [3.8, 4) is 0 Å². The minimum Gasteiger partial charge on any atom is -0.351 e. The summed E-state index contributed by atoms with van der Waals surface area (Å²) in [6, 6.07) is 7.40. The van der Waals surface area contributed by atoms with Crippen LogP contribution in [0, 0.1) is 5.82 Å². The number of halogens is 1. The maximum atomic E-state index is 14.4. The van der Waals surface area contributed by atoms with Gasteiger partial charge in [-0.2, -0.15) is 4.98 Å². The first-order valence-corrected chi connectivity index (χ1v) is 12.0. The number of imidazole rings is 1. The van der Waals surface area contributed by atoms with Gasteiger partial charge in [0.05, 0.1) is 11.9 Å². The molecule has 0 aliphatic heterocycles. The minimum atomic E-state index is -0.321. The Balaban J connectivity index is 1.72. The third-order valence-corrected chi connectivity index (χ3v) is 6.35. The van der Waals surface area contributed by atoms with Crippen molar-refractivity contribution in [1.29, 1.82) is 0 Å². The van der Waals surface area contributed by atoms with Gasteiger partial charge < -0.3 is 16.4 Å². The lowest BCUT2D eigenvalue weighted by Crippen LogP contribution is -2.33. The van der Waals surface area contributed by atoms with Gasteiger partial charge in [0.15, 0.2) is 5.65 Å². The van der Waals surface area contributed by atoms with E-state index in [1.807, 2.05) is 6.08 Å². The summed E-state index contributed by atoms with van der Waals surface area (Å²) in [4.78, 5) is 14.1. The van der Waals surface area contributed by atoms with Crippen LogP contribution < -0.4 is 16.4 Å². The van der Waals surface area contributed by atoms with Crippen LogP contribution in [-0.2, 0) is 0 Å². The SMILES string of the molecule is C=CCCC(CCC)n1c(Nc2ccccc2F)nc2cnc(NC3CCC(N)CC3)nc21. The van der Waals surface area contributed by atoms with E-state index < -0.39 is 0 Å². The van der Waals surface area contributed by atoms with Crippen molar-refractivity contribution in [3.63, 3.8) is 0 Å². The molecule has 1 aliphatic carbocycles. The molecule has 1 unspecified atom stereocenters. The molecule has 1 fully saturated rings. The number of benzene rings is 1.